The number of benzene rings is 1. The van der Waals surface area contributed by atoms with E-state index in [1.54, 1.807) is 23.6 Å². The van der Waals surface area contributed by atoms with Crippen molar-refractivity contribution in [3.8, 4) is 11.1 Å². The number of H-pyrrole nitrogens is 1. The summed E-state index contributed by atoms with van der Waals surface area (Å²) in [6, 6.07) is 10.5. The predicted molar refractivity (Wildman–Crippen MR) is 112 cm³/mol. The quantitative estimate of drug-likeness (QED) is 0.752. The first kappa shape index (κ1) is 17.0. The number of pyridine rings is 1. The molecule has 5 nitrogen and oxygen atoms in total. The van der Waals surface area contributed by atoms with E-state index < -0.39 is 0 Å². The molecule has 2 aliphatic rings. The topological polar surface area (TPSA) is 52.2 Å². The van der Waals surface area contributed by atoms with E-state index >= 15 is 0 Å². The molecule has 0 amide bonds. The summed E-state index contributed by atoms with van der Waals surface area (Å²) in [7, 11) is 0. The number of thiazole rings is 1. The highest BCUT2D eigenvalue weighted by Gasteiger charge is 2.29. The van der Waals surface area contributed by atoms with Crippen molar-refractivity contribution in [3.05, 3.63) is 46.9 Å². The van der Waals surface area contributed by atoms with Gasteiger partial charge in [0.1, 0.15) is 0 Å². The van der Waals surface area contributed by atoms with Crippen molar-refractivity contribution in [2.75, 3.05) is 31.1 Å². The molecule has 1 N–H and O–H groups in total. The molecule has 0 radical (unpaired) electrons. The summed E-state index contributed by atoms with van der Waals surface area (Å²) < 4.78 is 1.20. The van der Waals surface area contributed by atoms with Gasteiger partial charge < -0.3 is 9.88 Å². The van der Waals surface area contributed by atoms with Gasteiger partial charge in [-0.05, 0) is 61.7 Å². The lowest BCUT2D eigenvalue weighted by Gasteiger charge is -2.32. The van der Waals surface area contributed by atoms with Gasteiger partial charge in [0, 0.05) is 31.4 Å². The molecular weight excluding hydrogens is 356 g/mol. The largest absolute Gasteiger partial charge is 0.346 e. The van der Waals surface area contributed by atoms with Crippen LogP contribution in [0, 0.1) is 0 Å². The third-order valence-corrected chi connectivity index (χ3v) is 6.91. The van der Waals surface area contributed by atoms with E-state index in [-0.39, 0.29) is 5.56 Å². The molecule has 2 aliphatic heterocycles. The molecule has 0 saturated carbocycles. The summed E-state index contributed by atoms with van der Waals surface area (Å²) in [5, 5.41) is 1.14. The second-order valence-corrected chi connectivity index (χ2v) is 8.61. The number of hydrogen-bond acceptors (Lipinski definition) is 5. The van der Waals surface area contributed by atoms with Crippen LogP contribution in [0.15, 0.2) is 41.3 Å². The normalized spacial score (nSPS) is 21.2. The van der Waals surface area contributed by atoms with Crippen molar-refractivity contribution in [3.63, 3.8) is 0 Å². The lowest BCUT2D eigenvalue weighted by molar-refractivity contribution is 0.175. The summed E-state index contributed by atoms with van der Waals surface area (Å²) >= 11 is 1.78. The second-order valence-electron chi connectivity index (χ2n) is 7.61. The Bertz CT molecular complexity index is 984. The minimum Gasteiger partial charge on any atom is -0.346 e. The van der Waals surface area contributed by atoms with Crippen LogP contribution in [0.5, 0.6) is 0 Å². The zero-order valence-corrected chi connectivity index (χ0v) is 16.2. The molecule has 2 fully saturated rings. The van der Waals surface area contributed by atoms with E-state index in [1.807, 2.05) is 6.07 Å². The zero-order valence-electron chi connectivity index (χ0n) is 15.4. The Morgan fingerprint density at radius 3 is 2.70 bits per heavy atom. The van der Waals surface area contributed by atoms with E-state index in [1.165, 1.54) is 43.5 Å². The van der Waals surface area contributed by atoms with Crippen LogP contribution in [-0.4, -0.2) is 47.1 Å². The van der Waals surface area contributed by atoms with Gasteiger partial charge in [0.15, 0.2) is 5.13 Å². The van der Waals surface area contributed by atoms with Crippen molar-refractivity contribution < 1.29 is 0 Å². The molecule has 6 heteroatoms. The fourth-order valence-corrected chi connectivity index (χ4v) is 5.35. The van der Waals surface area contributed by atoms with Crippen LogP contribution < -0.4 is 10.5 Å². The van der Waals surface area contributed by atoms with Crippen molar-refractivity contribution in [1.29, 1.82) is 0 Å². The van der Waals surface area contributed by atoms with Gasteiger partial charge in [-0.15, -0.1) is 0 Å². The van der Waals surface area contributed by atoms with Crippen LogP contribution in [0.3, 0.4) is 0 Å². The molecule has 3 aromatic rings. The fraction of sp³-hybridized carbons (Fsp3) is 0.429. The van der Waals surface area contributed by atoms with E-state index in [9.17, 15) is 4.79 Å². The minimum atomic E-state index is -0.0720. The number of hydrogen-bond donors (Lipinski definition) is 1. The third-order valence-electron chi connectivity index (χ3n) is 5.84. The van der Waals surface area contributed by atoms with Crippen LogP contribution in [-0.2, 0) is 0 Å². The van der Waals surface area contributed by atoms with Gasteiger partial charge in [-0.1, -0.05) is 23.8 Å². The average molecular weight is 381 g/mol. The van der Waals surface area contributed by atoms with Crippen LogP contribution in [0.25, 0.3) is 21.3 Å². The number of nitrogens with zero attached hydrogens (tertiary/aromatic N) is 3. The Hall–Kier alpha value is -2.18. The van der Waals surface area contributed by atoms with Crippen molar-refractivity contribution >= 4 is 26.7 Å². The molecule has 1 aromatic carbocycles. The number of aromatic nitrogens is 2. The van der Waals surface area contributed by atoms with Crippen LogP contribution in [0.1, 0.15) is 25.7 Å². The van der Waals surface area contributed by atoms with Crippen LogP contribution in [0.4, 0.5) is 5.13 Å². The number of anilines is 1. The summed E-state index contributed by atoms with van der Waals surface area (Å²) in [6.45, 7) is 4.74. The van der Waals surface area contributed by atoms with Gasteiger partial charge in [-0.3, -0.25) is 9.69 Å². The number of rotatable bonds is 3. The number of likely N-dealkylation sites (tertiary alicyclic amines) is 1. The Labute approximate surface area is 162 Å². The minimum absolute atomic E-state index is 0.0720. The highest BCUT2D eigenvalue weighted by Crippen LogP contribution is 2.34. The summed E-state index contributed by atoms with van der Waals surface area (Å²) in [5.74, 6) is 0. The highest BCUT2D eigenvalue weighted by atomic mass is 32.1. The van der Waals surface area contributed by atoms with E-state index in [4.69, 9.17) is 4.98 Å². The van der Waals surface area contributed by atoms with E-state index in [0.29, 0.717) is 6.04 Å². The lowest BCUT2D eigenvalue weighted by Crippen LogP contribution is -2.40. The number of fused-ring (bicyclic) bond motifs is 1. The first-order valence-corrected chi connectivity index (χ1v) is 10.7. The Kier molecular flexibility index (Phi) is 4.45. The third kappa shape index (κ3) is 3.39. The number of piperidine rings is 1. The molecule has 2 saturated heterocycles. The van der Waals surface area contributed by atoms with Gasteiger partial charge in [0.05, 0.1) is 10.2 Å². The molecule has 1 unspecified atom stereocenters. The van der Waals surface area contributed by atoms with Gasteiger partial charge in [0.25, 0.3) is 0 Å². The monoisotopic (exact) mass is 380 g/mol. The summed E-state index contributed by atoms with van der Waals surface area (Å²) in [4.78, 5) is 24.1. The van der Waals surface area contributed by atoms with Gasteiger partial charge >= 0.3 is 0 Å². The van der Waals surface area contributed by atoms with E-state index in [2.05, 4.69) is 33.0 Å². The summed E-state index contributed by atoms with van der Waals surface area (Å²) in [5.41, 5.74) is 3.13. The fourth-order valence-electron chi connectivity index (χ4n) is 4.31. The van der Waals surface area contributed by atoms with Crippen LogP contribution >= 0.6 is 11.3 Å². The molecular formula is C21H24N4OS. The SMILES string of the molecule is O=c1ccc(-c2ccc3nc(N4CCC(N5CCCCC5)C4)sc3c2)c[nH]1. The zero-order chi connectivity index (χ0) is 18.2. The molecule has 27 heavy (non-hydrogen) atoms. The molecule has 140 valence electrons. The smallest absolute Gasteiger partial charge is 0.247 e. The molecule has 4 heterocycles. The maximum Gasteiger partial charge on any atom is 0.247 e. The first-order valence-electron chi connectivity index (χ1n) is 9.85. The maximum absolute atomic E-state index is 11.3. The van der Waals surface area contributed by atoms with Crippen LogP contribution in [0.2, 0.25) is 0 Å². The molecule has 0 spiro atoms. The summed E-state index contributed by atoms with van der Waals surface area (Å²) in [6.07, 6.45) is 7.12. The highest BCUT2D eigenvalue weighted by molar-refractivity contribution is 7.22. The second kappa shape index (κ2) is 7.09. The molecule has 0 aliphatic carbocycles. The van der Waals surface area contributed by atoms with E-state index in [0.717, 1.165) is 34.9 Å². The molecule has 5 rings (SSSR count). The predicted octanol–water partition coefficient (Wildman–Crippen LogP) is 3.72. The standard InChI is InChI=1S/C21H24N4OS/c26-20-7-5-16(13-22-20)15-4-6-18-19(12-15)27-21(23-18)25-11-8-17(14-25)24-9-2-1-3-10-24/h4-7,12-13,17H,1-3,8-11,14H2,(H,22,26). The average Bonchev–Trinajstić information content (AvgIpc) is 3.36. The Morgan fingerprint density at radius 2 is 1.89 bits per heavy atom. The Morgan fingerprint density at radius 1 is 1.04 bits per heavy atom. The number of aromatic amines is 1. The Balaban J connectivity index is 1.37. The first-order chi connectivity index (χ1) is 13.3. The molecule has 2 aromatic heterocycles. The van der Waals surface area contributed by atoms with Gasteiger partial charge in [-0.25, -0.2) is 4.98 Å². The van der Waals surface area contributed by atoms with Crippen molar-refractivity contribution in [2.24, 2.45) is 0 Å². The van der Waals surface area contributed by atoms with Crippen molar-refractivity contribution in [1.82, 2.24) is 14.9 Å². The maximum atomic E-state index is 11.3. The van der Waals surface area contributed by atoms with Gasteiger partial charge in [-0.2, -0.15) is 0 Å². The number of nitrogens with one attached hydrogen (secondary N) is 1. The van der Waals surface area contributed by atoms with Gasteiger partial charge in [0.2, 0.25) is 5.56 Å². The van der Waals surface area contributed by atoms with Crippen molar-refractivity contribution in [2.45, 2.75) is 31.7 Å². The lowest BCUT2D eigenvalue weighted by atomic mass is 10.1. The molecule has 1 atom stereocenters. The molecule has 0 bridgehead atoms.